The summed E-state index contributed by atoms with van der Waals surface area (Å²) < 4.78 is 30.4. The molecule has 2 heterocycles. The monoisotopic (exact) mass is 418 g/mol. The summed E-state index contributed by atoms with van der Waals surface area (Å²) >= 11 is 0. The van der Waals surface area contributed by atoms with Crippen LogP contribution in [0.2, 0.25) is 0 Å². The van der Waals surface area contributed by atoms with E-state index in [1.54, 1.807) is 6.07 Å². The Balaban J connectivity index is 1.64. The van der Waals surface area contributed by atoms with Crippen LogP contribution in [-0.4, -0.2) is 57.7 Å². The highest BCUT2D eigenvalue weighted by Gasteiger charge is 2.44. The fraction of sp³-hybridized carbons (Fsp3) is 0.286. The molecule has 1 aliphatic rings. The molecule has 0 saturated carbocycles. The minimum atomic E-state index is -1.58. The van der Waals surface area contributed by atoms with Crippen molar-refractivity contribution in [1.29, 1.82) is 0 Å². The summed E-state index contributed by atoms with van der Waals surface area (Å²) in [6.45, 7) is -0.587. The van der Waals surface area contributed by atoms with Crippen LogP contribution < -0.4 is 10.2 Å². The van der Waals surface area contributed by atoms with Crippen LogP contribution in [0.5, 0.6) is 5.75 Å². The molecule has 9 heteroatoms. The van der Waals surface area contributed by atoms with Crippen molar-refractivity contribution in [3.8, 4) is 16.9 Å². The molecule has 0 bridgehead atoms. The van der Waals surface area contributed by atoms with Crippen molar-refractivity contribution in [2.75, 3.05) is 6.61 Å². The lowest BCUT2D eigenvalue weighted by Gasteiger charge is -2.39. The molecule has 158 valence electrons. The van der Waals surface area contributed by atoms with Crippen molar-refractivity contribution in [2.45, 2.75) is 30.7 Å². The molecule has 0 unspecified atom stereocenters. The van der Waals surface area contributed by atoms with Gasteiger partial charge in [-0.05, 0) is 18.2 Å². The zero-order valence-electron chi connectivity index (χ0n) is 15.5. The Kier molecular flexibility index (Phi) is 5.54. The molecule has 4 N–H and O–H groups in total. The van der Waals surface area contributed by atoms with Crippen molar-refractivity contribution in [3.05, 3.63) is 64.8 Å². The maximum absolute atomic E-state index is 14.0. The molecule has 0 radical (unpaired) electrons. The summed E-state index contributed by atoms with van der Waals surface area (Å²) in [6.07, 6.45) is -5.99. The Morgan fingerprint density at radius 3 is 2.50 bits per heavy atom. The molecule has 1 fully saturated rings. The van der Waals surface area contributed by atoms with Crippen molar-refractivity contribution < 1.29 is 38.7 Å². The second-order valence-electron chi connectivity index (χ2n) is 6.93. The molecule has 1 aliphatic heterocycles. The first-order chi connectivity index (χ1) is 14.4. The van der Waals surface area contributed by atoms with E-state index < -0.39 is 48.6 Å². The van der Waals surface area contributed by atoms with E-state index in [0.29, 0.717) is 0 Å². The van der Waals surface area contributed by atoms with Crippen LogP contribution in [0, 0.1) is 5.82 Å². The van der Waals surface area contributed by atoms with Gasteiger partial charge in [0.15, 0.2) is 0 Å². The number of halogens is 1. The number of rotatable bonds is 4. The Morgan fingerprint density at radius 1 is 1.00 bits per heavy atom. The van der Waals surface area contributed by atoms with Gasteiger partial charge in [-0.2, -0.15) is 0 Å². The summed E-state index contributed by atoms with van der Waals surface area (Å²) in [4.78, 5) is 12.8. The molecule has 30 heavy (non-hydrogen) atoms. The molecule has 3 aromatic rings. The van der Waals surface area contributed by atoms with Crippen LogP contribution >= 0.6 is 0 Å². The number of aliphatic hydroxyl groups is 4. The molecule has 8 nitrogen and oxygen atoms in total. The van der Waals surface area contributed by atoms with Crippen LogP contribution in [0.15, 0.2) is 57.9 Å². The smallest absolute Gasteiger partial charge is 0.229 e. The Labute approximate surface area is 169 Å². The second-order valence-corrected chi connectivity index (χ2v) is 6.93. The zero-order valence-corrected chi connectivity index (χ0v) is 15.5. The third-order valence-corrected chi connectivity index (χ3v) is 5.01. The average molecular weight is 418 g/mol. The van der Waals surface area contributed by atoms with Gasteiger partial charge in [0.05, 0.1) is 17.6 Å². The quantitative estimate of drug-likeness (QED) is 0.489. The number of benzene rings is 2. The lowest BCUT2D eigenvalue weighted by atomic mass is 9.99. The normalized spacial score (nSPS) is 26.6. The van der Waals surface area contributed by atoms with Gasteiger partial charge in [0.1, 0.15) is 47.8 Å². The molecule has 0 amide bonds. The molecule has 0 aliphatic carbocycles. The SMILES string of the molecule is O=c1c(-c2ccccc2F)coc2cc(O[C@@H]3O[C@H](CO)[C@H](O)[C@H](O)[C@H]3O)ccc12. The largest absolute Gasteiger partial charge is 0.463 e. The Morgan fingerprint density at radius 2 is 1.77 bits per heavy atom. The van der Waals surface area contributed by atoms with Gasteiger partial charge in [0.2, 0.25) is 11.7 Å². The van der Waals surface area contributed by atoms with Crippen molar-refractivity contribution in [2.24, 2.45) is 0 Å². The van der Waals surface area contributed by atoms with E-state index in [4.69, 9.17) is 13.9 Å². The molecule has 1 aromatic heterocycles. The molecular formula is C21H19FO8. The van der Waals surface area contributed by atoms with Gasteiger partial charge in [-0.15, -0.1) is 0 Å². The predicted octanol–water partition coefficient (Wildman–Crippen LogP) is 0.778. The summed E-state index contributed by atoms with van der Waals surface area (Å²) in [5.41, 5.74) is -0.0825. The van der Waals surface area contributed by atoms with Gasteiger partial charge < -0.3 is 34.3 Å². The maximum Gasteiger partial charge on any atom is 0.229 e. The molecule has 4 rings (SSSR count). The van der Waals surface area contributed by atoms with E-state index in [1.165, 1.54) is 36.4 Å². The van der Waals surface area contributed by atoms with Crippen LogP contribution in [0.4, 0.5) is 4.39 Å². The first-order valence-corrected chi connectivity index (χ1v) is 9.18. The van der Waals surface area contributed by atoms with E-state index in [0.717, 1.165) is 6.26 Å². The van der Waals surface area contributed by atoms with E-state index in [2.05, 4.69) is 0 Å². The summed E-state index contributed by atoms with van der Waals surface area (Å²) in [5, 5.41) is 39.2. The highest BCUT2D eigenvalue weighted by atomic mass is 19.1. The van der Waals surface area contributed by atoms with E-state index in [9.17, 15) is 29.6 Å². The summed E-state index contributed by atoms with van der Waals surface area (Å²) in [6, 6.07) is 10.1. The third-order valence-electron chi connectivity index (χ3n) is 5.01. The van der Waals surface area contributed by atoms with Gasteiger partial charge in [-0.25, -0.2) is 4.39 Å². The second kappa shape index (κ2) is 8.13. The lowest BCUT2D eigenvalue weighted by molar-refractivity contribution is -0.277. The fourth-order valence-corrected chi connectivity index (χ4v) is 3.35. The third kappa shape index (κ3) is 3.57. The van der Waals surface area contributed by atoms with Crippen LogP contribution in [0.1, 0.15) is 0 Å². The lowest BCUT2D eigenvalue weighted by Crippen LogP contribution is -2.60. The Hall–Kier alpha value is -2.82. The van der Waals surface area contributed by atoms with E-state index >= 15 is 0 Å². The number of hydrogen-bond acceptors (Lipinski definition) is 8. The zero-order chi connectivity index (χ0) is 21.4. The van der Waals surface area contributed by atoms with Crippen molar-refractivity contribution in [3.63, 3.8) is 0 Å². The molecule has 5 atom stereocenters. The molecule has 0 spiro atoms. The molecular weight excluding hydrogens is 399 g/mol. The highest BCUT2D eigenvalue weighted by Crippen LogP contribution is 2.28. The predicted molar refractivity (Wildman–Crippen MR) is 102 cm³/mol. The van der Waals surface area contributed by atoms with Gasteiger partial charge in [0, 0.05) is 11.6 Å². The van der Waals surface area contributed by atoms with Gasteiger partial charge in [0.25, 0.3) is 0 Å². The topological polar surface area (TPSA) is 130 Å². The number of aliphatic hydroxyl groups excluding tert-OH is 4. The van der Waals surface area contributed by atoms with E-state index in [-0.39, 0.29) is 27.8 Å². The van der Waals surface area contributed by atoms with Crippen molar-refractivity contribution >= 4 is 11.0 Å². The Bertz CT molecular complexity index is 1110. The fourth-order valence-electron chi connectivity index (χ4n) is 3.35. The molecule has 1 saturated heterocycles. The van der Waals surface area contributed by atoms with Crippen LogP contribution in [0.3, 0.4) is 0 Å². The number of hydrogen-bond donors (Lipinski definition) is 4. The summed E-state index contributed by atoms with van der Waals surface area (Å²) in [5.74, 6) is -0.402. The first-order valence-electron chi connectivity index (χ1n) is 9.18. The highest BCUT2D eigenvalue weighted by molar-refractivity contribution is 5.82. The number of fused-ring (bicyclic) bond motifs is 1. The van der Waals surface area contributed by atoms with Gasteiger partial charge in [-0.1, -0.05) is 18.2 Å². The summed E-state index contributed by atoms with van der Waals surface area (Å²) in [7, 11) is 0. The van der Waals surface area contributed by atoms with Crippen molar-refractivity contribution in [1.82, 2.24) is 0 Å². The standard InChI is InChI=1S/C21H19FO8/c22-14-4-2-1-3-11(14)13-9-28-15-7-10(5-6-12(15)17(13)24)29-21-20(27)19(26)18(25)16(8-23)30-21/h1-7,9,16,18-21,23,25-27H,8H2/t16-,18+,19+,20-,21-/m1/s1. The minimum Gasteiger partial charge on any atom is -0.463 e. The van der Waals surface area contributed by atoms with Gasteiger partial charge >= 0.3 is 0 Å². The van der Waals surface area contributed by atoms with Crippen LogP contribution in [-0.2, 0) is 4.74 Å². The number of ether oxygens (including phenoxy) is 2. The van der Waals surface area contributed by atoms with Crippen LogP contribution in [0.25, 0.3) is 22.1 Å². The van der Waals surface area contributed by atoms with Gasteiger partial charge in [-0.3, -0.25) is 4.79 Å². The van der Waals surface area contributed by atoms with E-state index in [1.807, 2.05) is 0 Å². The minimum absolute atomic E-state index is 0.0724. The average Bonchev–Trinajstić information content (AvgIpc) is 2.75. The first kappa shape index (κ1) is 20.5. The molecule has 2 aromatic carbocycles. The maximum atomic E-state index is 14.0.